The van der Waals surface area contributed by atoms with Crippen LogP contribution < -0.4 is 5.73 Å². The van der Waals surface area contributed by atoms with Crippen molar-refractivity contribution < 1.29 is 0 Å². The van der Waals surface area contributed by atoms with Gasteiger partial charge in [-0.2, -0.15) is 0 Å². The summed E-state index contributed by atoms with van der Waals surface area (Å²) in [7, 11) is 0. The highest BCUT2D eigenvalue weighted by Crippen LogP contribution is 2.32. The Balaban J connectivity index is 2.36. The van der Waals surface area contributed by atoms with Crippen LogP contribution in [0.4, 0.5) is 5.95 Å². The van der Waals surface area contributed by atoms with Crippen molar-refractivity contribution in [2.45, 2.75) is 0 Å². The highest BCUT2D eigenvalue weighted by molar-refractivity contribution is 6.36. The Bertz CT molecular complexity index is 780. The van der Waals surface area contributed by atoms with Crippen molar-refractivity contribution >= 4 is 51.8 Å². The Morgan fingerprint density at radius 3 is 2.53 bits per heavy atom. The molecule has 1 heterocycles. The molecule has 0 amide bonds. The Kier molecular flexibility index (Phi) is 3.05. The van der Waals surface area contributed by atoms with Crippen LogP contribution in [0.5, 0.6) is 0 Å². The van der Waals surface area contributed by atoms with Gasteiger partial charge >= 0.3 is 0 Å². The Labute approximate surface area is 124 Å². The predicted octanol–water partition coefficient (Wildman–Crippen LogP) is 4.57. The standard InChI is InChI=1S/C13H8Cl3N3/c14-7-4-5-10(9(16)6-7)19-11-3-1-2-8(15)12(11)18-13(19)17/h1-6H,(H2,17,18). The quantitative estimate of drug-likeness (QED) is 0.715. The van der Waals surface area contributed by atoms with Crippen LogP contribution in [0, 0.1) is 0 Å². The van der Waals surface area contributed by atoms with E-state index in [4.69, 9.17) is 40.5 Å². The van der Waals surface area contributed by atoms with Crippen LogP contribution in [0.1, 0.15) is 0 Å². The maximum Gasteiger partial charge on any atom is 0.206 e. The fourth-order valence-corrected chi connectivity index (χ4v) is 2.70. The molecule has 0 radical (unpaired) electrons. The number of nitrogens with zero attached hydrogens (tertiary/aromatic N) is 2. The first-order valence-corrected chi connectivity index (χ1v) is 6.59. The summed E-state index contributed by atoms with van der Waals surface area (Å²) in [4.78, 5) is 4.27. The normalized spacial score (nSPS) is 11.1. The second kappa shape index (κ2) is 4.60. The lowest BCUT2D eigenvalue weighted by atomic mass is 10.2. The third-order valence-corrected chi connectivity index (χ3v) is 3.66. The van der Waals surface area contributed by atoms with E-state index < -0.39 is 0 Å². The van der Waals surface area contributed by atoms with Gasteiger partial charge in [0.05, 0.1) is 21.2 Å². The average molecular weight is 313 g/mol. The van der Waals surface area contributed by atoms with E-state index in [1.807, 2.05) is 12.1 Å². The summed E-state index contributed by atoms with van der Waals surface area (Å²) in [6.07, 6.45) is 0. The number of para-hydroxylation sites is 1. The van der Waals surface area contributed by atoms with Gasteiger partial charge in [-0.05, 0) is 30.3 Å². The second-order valence-corrected chi connectivity index (χ2v) is 5.26. The van der Waals surface area contributed by atoms with Gasteiger partial charge in [-0.3, -0.25) is 4.57 Å². The molecule has 0 spiro atoms. The number of fused-ring (bicyclic) bond motifs is 1. The zero-order valence-electron chi connectivity index (χ0n) is 9.57. The van der Waals surface area contributed by atoms with E-state index in [-0.39, 0.29) is 0 Å². The molecule has 3 nitrogen and oxygen atoms in total. The molecular formula is C13H8Cl3N3. The number of nitrogen functional groups attached to an aromatic ring is 1. The zero-order valence-corrected chi connectivity index (χ0v) is 11.8. The molecule has 0 bridgehead atoms. The van der Waals surface area contributed by atoms with Crippen molar-refractivity contribution in [1.29, 1.82) is 0 Å². The van der Waals surface area contributed by atoms with Gasteiger partial charge in [0.2, 0.25) is 5.95 Å². The average Bonchev–Trinajstić information content (AvgIpc) is 2.68. The first kappa shape index (κ1) is 12.6. The molecular weight excluding hydrogens is 305 g/mol. The number of halogens is 3. The zero-order chi connectivity index (χ0) is 13.6. The number of rotatable bonds is 1. The van der Waals surface area contributed by atoms with Gasteiger partial charge in [0, 0.05) is 5.02 Å². The Hall–Kier alpha value is -1.42. The highest BCUT2D eigenvalue weighted by atomic mass is 35.5. The SMILES string of the molecule is Nc1nc2c(Cl)cccc2n1-c1ccc(Cl)cc1Cl. The Morgan fingerprint density at radius 2 is 1.79 bits per heavy atom. The highest BCUT2D eigenvalue weighted by Gasteiger charge is 2.14. The van der Waals surface area contributed by atoms with Gasteiger partial charge in [0.25, 0.3) is 0 Å². The van der Waals surface area contributed by atoms with Gasteiger partial charge < -0.3 is 5.73 Å². The summed E-state index contributed by atoms with van der Waals surface area (Å²) >= 11 is 18.2. The number of hydrogen-bond donors (Lipinski definition) is 1. The van der Waals surface area contributed by atoms with Crippen molar-refractivity contribution in [3.05, 3.63) is 51.5 Å². The van der Waals surface area contributed by atoms with Crippen LogP contribution in [-0.4, -0.2) is 9.55 Å². The van der Waals surface area contributed by atoms with Crippen LogP contribution in [0.15, 0.2) is 36.4 Å². The van der Waals surface area contributed by atoms with Crippen molar-refractivity contribution in [2.24, 2.45) is 0 Å². The minimum absolute atomic E-state index is 0.326. The Morgan fingerprint density at radius 1 is 1.00 bits per heavy atom. The van der Waals surface area contributed by atoms with E-state index in [0.29, 0.717) is 32.2 Å². The molecule has 0 aliphatic rings. The van der Waals surface area contributed by atoms with Crippen LogP contribution >= 0.6 is 34.8 Å². The lowest BCUT2D eigenvalue weighted by Gasteiger charge is -2.09. The van der Waals surface area contributed by atoms with Gasteiger partial charge in [0.15, 0.2) is 0 Å². The molecule has 1 aromatic heterocycles. The molecule has 0 unspecified atom stereocenters. The van der Waals surface area contributed by atoms with E-state index in [1.54, 1.807) is 28.8 Å². The van der Waals surface area contributed by atoms with Crippen molar-refractivity contribution in [1.82, 2.24) is 9.55 Å². The molecule has 6 heteroatoms. The number of imidazole rings is 1. The summed E-state index contributed by atoms with van der Waals surface area (Å²) in [6.45, 7) is 0. The maximum atomic E-state index is 6.21. The summed E-state index contributed by atoms with van der Waals surface area (Å²) in [6, 6.07) is 10.7. The van der Waals surface area contributed by atoms with E-state index >= 15 is 0 Å². The first-order chi connectivity index (χ1) is 9.08. The van der Waals surface area contributed by atoms with Crippen molar-refractivity contribution in [3.63, 3.8) is 0 Å². The topological polar surface area (TPSA) is 43.8 Å². The van der Waals surface area contributed by atoms with Gasteiger partial charge in [0.1, 0.15) is 5.52 Å². The molecule has 0 atom stereocenters. The van der Waals surface area contributed by atoms with Crippen LogP contribution in [0.3, 0.4) is 0 Å². The van der Waals surface area contributed by atoms with E-state index in [9.17, 15) is 0 Å². The largest absolute Gasteiger partial charge is 0.369 e. The molecule has 0 fully saturated rings. The molecule has 96 valence electrons. The lowest BCUT2D eigenvalue weighted by molar-refractivity contribution is 1.11. The van der Waals surface area contributed by atoms with Crippen LogP contribution in [-0.2, 0) is 0 Å². The number of anilines is 1. The fourth-order valence-electron chi connectivity index (χ4n) is 2.00. The van der Waals surface area contributed by atoms with E-state index in [1.165, 1.54) is 0 Å². The first-order valence-electron chi connectivity index (χ1n) is 5.46. The smallest absolute Gasteiger partial charge is 0.206 e. The fraction of sp³-hybridized carbons (Fsp3) is 0. The minimum Gasteiger partial charge on any atom is -0.369 e. The van der Waals surface area contributed by atoms with Gasteiger partial charge in [-0.1, -0.05) is 40.9 Å². The van der Waals surface area contributed by atoms with Gasteiger partial charge in [-0.25, -0.2) is 4.98 Å². The summed E-state index contributed by atoms with van der Waals surface area (Å²) < 4.78 is 1.75. The molecule has 2 aromatic carbocycles. The molecule has 0 saturated heterocycles. The number of benzene rings is 2. The molecule has 19 heavy (non-hydrogen) atoms. The van der Waals surface area contributed by atoms with Crippen molar-refractivity contribution in [3.8, 4) is 5.69 Å². The predicted molar refractivity (Wildman–Crippen MR) is 80.5 cm³/mol. The molecule has 0 aliphatic carbocycles. The summed E-state index contributed by atoms with van der Waals surface area (Å²) in [5.41, 5.74) is 8.13. The number of hydrogen-bond acceptors (Lipinski definition) is 2. The summed E-state index contributed by atoms with van der Waals surface area (Å²) in [5.74, 6) is 0.326. The third kappa shape index (κ3) is 2.04. The molecule has 0 saturated carbocycles. The van der Waals surface area contributed by atoms with Crippen LogP contribution in [0.25, 0.3) is 16.7 Å². The monoisotopic (exact) mass is 311 g/mol. The third-order valence-electron chi connectivity index (χ3n) is 2.81. The maximum absolute atomic E-state index is 6.21. The number of aromatic nitrogens is 2. The molecule has 2 N–H and O–H groups in total. The molecule has 3 aromatic rings. The summed E-state index contributed by atoms with van der Waals surface area (Å²) in [5, 5.41) is 1.61. The van der Waals surface area contributed by atoms with E-state index in [0.717, 1.165) is 5.52 Å². The lowest BCUT2D eigenvalue weighted by Crippen LogP contribution is -2.01. The van der Waals surface area contributed by atoms with Crippen LogP contribution in [0.2, 0.25) is 15.1 Å². The number of nitrogens with two attached hydrogens (primary N) is 1. The molecule has 0 aliphatic heterocycles. The minimum atomic E-state index is 0.326. The van der Waals surface area contributed by atoms with Crippen molar-refractivity contribution in [2.75, 3.05) is 5.73 Å². The van der Waals surface area contributed by atoms with Gasteiger partial charge in [-0.15, -0.1) is 0 Å². The second-order valence-electron chi connectivity index (χ2n) is 4.01. The van der Waals surface area contributed by atoms with E-state index in [2.05, 4.69) is 4.98 Å². The molecule has 3 rings (SSSR count).